The summed E-state index contributed by atoms with van der Waals surface area (Å²) >= 11 is 0. The van der Waals surface area contributed by atoms with E-state index in [4.69, 9.17) is 10.3 Å². The van der Waals surface area contributed by atoms with Gasteiger partial charge in [0.25, 0.3) is 5.89 Å². The summed E-state index contributed by atoms with van der Waals surface area (Å²) in [6.07, 6.45) is 7.36. The van der Waals surface area contributed by atoms with Gasteiger partial charge < -0.3 is 15.2 Å². The molecule has 1 aliphatic heterocycles. The van der Waals surface area contributed by atoms with E-state index in [9.17, 15) is 0 Å². The number of hydrogen-bond donors (Lipinski definition) is 1. The highest BCUT2D eigenvalue weighted by Crippen LogP contribution is 2.19. The van der Waals surface area contributed by atoms with E-state index in [1.807, 2.05) is 13.2 Å². The summed E-state index contributed by atoms with van der Waals surface area (Å²) in [5.41, 5.74) is 6.99. The second-order valence-electron chi connectivity index (χ2n) is 5.33. The first-order valence-corrected chi connectivity index (χ1v) is 7.03. The monoisotopic (exact) mass is 276 g/mol. The molecule has 0 aliphatic carbocycles. The molecule has 1 saturated heterocycles. The molecule has 7 heteroatoms. The minimum absolute atomic E-state index is 0.206. The Morgan fingerprint density at radius 3 is 2.85 bits per heavy atom. The van der Waals surface area contributed by atoms with Gasteiger partial charge in [0.1, 0.15) is 0 Å². The summed E-state index contributed by atoms with van der Waals surface area (Å²) in [7, 11) is 1.85. The summed E-state index contributed by atoms with van der Waals surface area (Å²) in [6, 6.07) is -0.206. The maximum atomic E-state index is 6.17. The lowest BCUT2D eigenvalue weighted by Gasteiger charge is -2.27. The van der Waals surface area contributed by atoms with Crippen LogP contribution < -0.4 is 5.73 Å². The van der Waals surface area contributed by atoms with Gasteiger partial charge in [0.2, 0.25) is 0 Å². The third-order valence-corrected chi connectivity index (χ3v) is 3.63. The minimum Gasteiger partial charge on any atom is -0.334 e. The van der Waals surface area contributed by atoms with Crippen molar-refractivity contribution in [2.45, 2.75) is 25.3 Å². The lowest BCUT2D eigenvalue weighted by Crippen LogP contribution is -2.36. The van der Waals surface area contributed by atoms with Gasteiger partial charge in [0.05, 0.1) is 17.8 Å². The molecule has 1 fully saturated rings. The lowest BCUT2D eigenvalue weighted by atomic mass is 10.1. The molecular formula is C13H20N6O. The van der Waals surface area contributed by atoms with Gasteiger partial charge in [-0.25, -0.2) is 0 Å². The summed E-state index contributed by atoms with van der Waals surface area (Å²) in [5.74, 6) is 1.04. The van der Waals surface area contributed by atoms with Crippen molar-refractivity contribution in [2.75, 3.05) is 19.6 Å². The van der Waals surface area contributed by atoms with E-state index in [1.165, 1.54) is 19.3 Å². The third-order valence-electron chi connectivity index (χ3n) is 3.63. The molecular weight excluding hydrogens is 256 g/mol. The van der Waals surface area contributed by atoms with Gasteiger partial charge in [0.15, 0.2) is 5.82 Å². The Hall–Kier alpha value is -1.73. The van der Waals surface area contributed by atoms with Crippen LogP contribution in [0.3, 0.4) is 0 Å². The van der Waals surface area contributed by atoms with Gasteiger partial charge in [-0.2, -0.15) is 10.1 Å². The maximum Gasteiger partial charge on any atom is 0.261 e. The average Bonchev–Trinajstić information content (AvgIpc) is 3.08. The van der Waals surface area contributed by atoms with Crippen LogP contribution in [0, 0.1) is 0 Å². The Balaban J connectivity index is 1.66. The van der Waals surface area contributed by atoms with Crippen LogP contribution in [-0.2, 0) is 7.05 Å². The summed E-state index contributed by atoms with van der Waals surface area (Å²) in [6.45, 7) is 3.01. The van der Waals surface area contributed by atoms with Crippen LogP contribution in [0.1, 0.15) is 31.1 Å². The predicted molar refractivity (Wildman–Crippen MR) is 73.7 cm³/mol. The quantitative estimate of drug-likeness (QED) is 0.895. The standard InChI is InChI=1S/C13H20N6O/c1-18-8-10(7-15-18)13-16-12(17-20-13)11(14)9-19-5-3-2-4-6-19/h7-8,11H,2-6,9,14H2,1H3. The molecule has 3 rings (SSSR count). The Morgan fingerprint density at radius 2 is 2.15 bits per heavy atom. The van der Waals surface area contributed by atoms with Crippen molar-refractivity contribution in [2.24, 2.45) is 12.8 Å². The van der Waals surface area contributed by atoms with E-state index < -0.39 is 0 Å². The van der Waals surface area contributed by atoms with E-state index in [1.54, 1.807) is 10.9 Å². The first-order valence-electron chi connectivity index (χ1n) is 7.03. The molecule has 2 N–H and O–H groups in total. The zero-order valence-electron chi connectivity index (χ0n) is 11.7. The second kappa shape index (κ2) is 5.72. The number of nitrogens with two attached hydrogens (primary N) is 1. The van der Waals surface area contributed by atoms with Gasteiger partial charge in [-0.1, -0.05) is 11.6 Å². The third kappa shape index (κ3) is 2.88. The van der Waals surface area contributed by atoms with Gasteiger partial charge >= 0.3 is 0 Å². The number of likely N-dealkylation sites (tertiary alicyclic amines) is 1. The molecule has 0 spiro atoms. The smallest absolute Gasteiger partial charge is 0.261 e. The van der Waals surface area contributed by atoms with Crippen LogP contribution in [0.5, 0.6) is 0 Å². The largest absolute Gasteiger partial charge is 0.334 e. The highest BCUT2D eigenvalue weighted by molar-refractivity contribution is 5.49. The van der Waals surface area contributed by atoms with Crippen LogP contribution >= 0.6 is 0 Å². The fourth-order valence-electron chi connectivity index (χ4n) is 2.54. The second-order valence-corrected chi connectivity index (χ2v) is 5.33. The number of aromatic nitrogens is 4. The van der Waals surface area contributed by atoms with Crippen molar-refractivity contribution in [3.63, 3.8) is 0 Å². The molecule has 2 aromatic rings. The Bertz CT molecular complexity index is 557. The maximum absolute atomic E-state index is 6.17. The van der Waals surface area contributed by atoms with Crippen LogP contribution in [0.2, 0.25) is 0 Å². The normalized spacial score (nSPS) is 18.3. The molecule has 1 aliphatic rings. The zero-order valence-corrected chi connectivity index (χ0v) is 11.7. The summed E-state index contributed by atoms with van der Waals surface area (Å²) in [4.78, 5) is 6.75. The molecule has 3 heterocycles. The topological polar surface area (TPSA) is 86.0 Å². The van der Waals surface area contributed by atoms with E-state index >= 15 is 0 Å². The molecule has 0 bridgehead atoms. The zero-order chi connectivity index (χ0) is 13.9. The van der Waals surface area contributed by atoms with Crippen molar-refractivity contribution in [3.05, 3.63) is 18.2 Å². The molecule has 0 saturated carbocycles. The number of rotatable bonds is 4. The molecule has 1 unspecified atom stereocenters. The van der Waals surface area contributed by atoms with Crippen molar-refractivity contribution in [3.8, 4) is 11.5 Å². The molecule has 20 heavy (non-hydrogen) atoms. The van der Waals surface area contributed by atoms with E-state index in [0.29, 0.717) is 11.7 Å². The number of aryl methyl sites for hydroxylation is 1. The first kappa shape index (κ1) is 13.3. The number of piperidine rings is 1. The van der Waals surface area contributed by atoms with E-state index in [0.717, 1.165) is 25.2 Å². The molecule has 108 valence electrons. The molecule has 0 aromatic carbocycles. The molecule has 2 aromatic heterocycles. The molecule has 7 nitrogen and oxygen atoms in total. The first-order chi connectivity index (χ1) is 9.72. The highest BCUT2D eigenvalue weighted by atomic mass is 16.5. The molecule has 0 radical (unpaired) electrons. The van der Waals surface area contributed by atoms with Crippen LogP contribution in [0.4, 0.5) is 0 Å². The molecule has 1 atom stereocenters. The lowest BCUT2D eigenvalue weighted by molar-refractivity contribution is 0.213. The van der Waals surface area contributed by atoms with Crippen molar-refractivity contribution >= 4 is 0 Å². The average molecular weight is 276 g/mol. The SMILES string of the molecule is Cn1cc(-c2nc(C(N)CN3CCCCC3)no2)cn1. The highest BCUT2D eigenvalue weighted by Gasteiger charge is 2.20. The Labute approximate surface area is 117 Å². The van der Waals surface area contributed by atoms with E-state index in [2.05, 4.69) is 20.1 Å². The van der Waals surface area contributed by atoms with Crippen LogP contribution in [0.25, 0.3) is 11.5 Å². The van der Waals surface area contributed by atoms with Crippen LogP contribution in [-0.4, -0.2) is 44.5 Å². The minimum atomic E-state index is -0.206. The molecule has 0 amide bonds. The fraction of sp³-hybridized carbons (Fsp3) is 0.615. The van der Waals surface area contributed by atoms with E-state index in [-0.39, 0.29) is 6.04 Å². The summed E-state index contributed by atoms with van der Waals surface area (Å²) < 4.78 is 6.96. The van der Waals surface area contributed by atoms with Crippen molar-refractivity contribution in [1.29, 1.82) is 0 Å². The van der Waals surface area contributed by atoms with Crippen molar-refractivity contribution in [1.82, 2.24) is 24.8 Å². The number of nitrogens with zero attached hydrogens (tertiary/aromatic N) is 5. The van der Waals surface area contributed by atoms with Crippen LogP contribution in [0.15, 0.2) is 16.9 Å². The predicted octanol–water partition coefficient (Wildman–Crippen LogP) is 0.956. The van der Waals surface area contributed by atoms with Gasteiger partial charge in [0, 0.05) is 19.8 Å². The van der Waals surface area contributed by atoms with Gasteiger partial charge in [-0.05, 0) is 25.9 Å². The fourth-order valence-corrected chi connectivity index (χ4v) is 2.54. The summed E-state index contributed by atoms with van der Waals surface area (Å²) in [5, 5.41) is 8.08. The van der Waals surface area contributed by atoms with Gasteiger partial charge in [-0.3, -0.25) is 4.68 Å². The number of hydrogen-bond acceptors (Lipinski definition) is 6. The van der Waals surface area contributed by atoms with Gasteiger partial charge in [-0.15, -0.1) is 0 Å². The van der Waals surface area contributed by atoms with Crippen molar-refractivity contribution < 1.29 is 4.52 Å². The Morgan fingerprint density at radius 1 is 1.35 bits per heavy atom. The Kier molecular flexibility index (Phi) is 3.79.